The van der Waals surface area contributed by atoms with Gasteiger partial charge in [-0.3, -0.25) is 4.90 Å². The molecule has 1 heterocycles. The third-order valence-corrected chi connectivity index (χ3v) is 3.39. The Morgan fingerprint density at radius 3 is 2.78 bits per heavy atom. The van der Waals surface area contributed by atoms with Gasteiger partial charge in [0, 0.05) is 0 Å². The Kier molecular flexibility index (Phi) is 3.22. The first-order chi connectivity index (χ1) is 4.34. The first-order valence-electron chi connectivity index (χ1n) is 3.35. The van der Waals surface area contributed by atoms with Crippen molar-refractivity contribution < 1.29 is 0 Å². The van der Waals surface area contributed by atoms with E-state index in [4.69, 9.17) is 0 Å². The van der Waals surface area contributed by atoms with Gasteiger partial charge in [0.05, 0.1) is 5.37 Å². The van der Waals surface area contributed by atoms with Crippen LogP contribution in [0.2, 0.25) is 0 Å². The fraction of sp³-hybridized carbons (Fsp3) is 1.00. The summed E-state index contributed by atoms with van der Waals surface area (Å²) in [7, 11) is 3.85. The van der Waals surface area contributed by atoms with E-state index in [0.29, 0.717) is 5.37 Å². The molecule has 1 nitrogen and oxygen atoms in total. The molecule has 3 heteroatoms. The number of hydrogen-bond donors (Lipinski definition) is 1. The molecule has 1 rings (SSSR count). The average Bonchev–Trinajstić information content (AvgIpc) is 1.89. The maximum atomic E-state index is 4.20. The lowest BCUT2D eigenvalue weighted by atomic mass is 10.1. The van der Waals surface area contributed by atoms with Gasteiger partial charge < -0.3 is 0 Å². The molecule has 9 heavy (non-hydrogen) atoms. The highest BCUT2D eigenvalue weighted by atomic mass is 33.1. The number of nitrogens with zero attached hydrogens (tertiary/aromatic N) is 1. The molecule has 0 N–H and O–H groups in total. The molecule has 54 valence electrons. The van der Waals surface area contributed by atoms with Crippen LogP contribution in [0, 0.1) is 0 Å². The molecule has 0 spiro atoms. The summed E-state index contributed by atoms with van der Waals surface area (Å²) in [6.45, 7) is 1.25. The lowest BCUT2D eigenvalue weighted by molar-refractivity contribution is 0.253. The summed E-state index contributed by atoms with van der Waals surface area (Å²) in [5.41, 5.74) is 0. The molecule has 1 aliphatic heterocycles. The van der Waals surface area contributed by atoms with E-state index >= 15 is 0 Å². The third-order valence-electron chi connectivity index (χ3n) is 1.83. The number of piperidine rings is 1. The quantitative estimate of drug-likeness (QED) is 0.465. The van der Waals surface area contributed by atoms with Crippen molar-refractivity contribution in [3.8, 4) is 0 Å². The van der Waals surface area contributed by atoms with E-state index in [2.05, 4.69) is 23.6 Å². The van der Waals surface area contributed by atoms with Gasteiger partial charge in [0.2, 0.25) is 0 Å². The van der Waals surface area contributed by atoms with Crippen molar-refractivity contribution in [1.29, 1.82) is 0 Å². The smallest absolute Gasteiger partial charge is 0.0656 e. The minimum absolute atomic E-state index is 0.669. The average molecular weight is 163 g/mol. The van der Waals surface area contributed by atoms with E-state index in [1.54, 1.807) is 10.8 Å². The summed E-state index contributed by atoms with van der Waals surface area (Å²) < 4.78 is 0. The van der Waals surface area contributed by atoms with Crippen molar-refractivity contribution in [2.24, 2.45) is 0 Å². The molecule has 0 aromatic heterocycles. The van der Waals surface area contributed by atoms with Crippen molar-refractivity contribution in [3.63, 3.8) is 0 Å². The zero-order chi connectivity index (χ0) is 6.69. The van der Waals surface area contributed by atoms with E-state index in [-0.39, 0.29) is 0 Å². The number of likely N-dealkylation sites (tertiary alicyclic amines) is 1. The molecule has 0 amide bonds. The van der Waals surface area contributed by atoms with Crippen LogP contribution in [0.25, 0.3) is 0 Å². The van der Waals surface area contributed by atoms with Gasteiger partial charge in [-0.15, -0.1) is 11.7 Å². The van der Waals surface area contributed by atoms with E-state index < -0.39 is 0 Å². The molecule has 1 aliphatic rings. The van der Waals surface area contributed by atoms with Gasteiger partial charge in [0.15, 0.2) is 0 Å². The van der Waals surface area contributed by atoms with Crippen LogP contribution in [0.1, 0.15) is 19.3 Å². The van der Waals surface area contributed by atoms with Crippen LogP contribution in [0.5, 0.6) is 0 Å². The Bertz CT molecular complexity index is 87.1. The zero-order valence-corrected chi connectivity index (χ0v) is 7.42. The van der Waals surface area contributed by atoms with Crippen molar-refractivity contribution in [2.45, 2.75) is 24.6 Å². The van der Waals surface area contributed by atoms with Crippen LogP contribution in [-0.4, -0.2) is 23.9 Å². The predicted octanol–water partition coefficient (Wildman–Crippen LogP) is 2.01. The first kappa shape index (κ1) is 7.76. The minimum atomic E-state index is 0.669. The van der Waals surface area contributed by atoms with Crippen LogP contribution < -0.4 is 0 Å². The maximum absolute atomic E-state index is 4.20. The molecule has 1 atom stereocenters. The van der Waals surface area contributed by atoms with Crippen LogP contribution in [-0.2, 0) is 0 Å². The summed E-state index contributed by atoms with van der Waals surface area (Å²) in [5, 5.41) is 0.669. The Balaban J connectivity index is 2.30. The second-order valence-electron chi connectivity index (χ2n) is 2.54. The summed E-state index contributed by atoms with van der Waals surface area (Å²) in [6, 6.07) is 0. The standard InChI is InChI=1S/C6H13NS2/c1-7-5-3-2-4-6(7)9-8/h6,8H,2-5H2,1H3. The van der Waals surface area contributed by atoms with Gasteiger partial charge >= 0.3 is 0 Å². The van der Waals surface area contributed by atoms with Gasteiger partial charge in [-0.2, -0.15) is 0 Å². The maximum Gasteiger partial charge on any atom is 0.0656 e. The largest absolute Gasteiger partial charge is 0.294 e. The molecule has 0 aromatic rings. The summed E-state index contributed by atoms with van der Waals surface area (Å²) in [4.78, 5) is 2.38. The summed E-state index contributed by atoms with van der Waals surface area (Å²) in [5.74, 6) is 0. The van der Waals surface area contributed by atoms with Gasteiger partial charge in [-0.05, 0) is 32.9 Å². The summed E-state index contributed by atoms with van der Waals surface area (Å²) in [6.07, 6.45) is 4.05. The Morgan fingerprint density at radius 1 is 1.56 bits per heavy atom. The van der Waals surface area contributed by atoms with Crippen LogP contribution in [0.4, 0.5) is 0 Å². The lowest BCUT2D eigenvalue weighted by Gasteiger charge is -2.30. The van der Waals surface area contributed by atoms with Crippen LogP contribution in [0.15, 0.2) is 0 Å². The van der Waals surface area contributed by atoms with Crippen molar-refractivity contribution in [3.05, 3.63) is 0 Å². The van der Waals surface area contributed by atoms with E-state index in [1.165, 1.54) is 25.8 Å². The minimum Gasteiger partial charge on any atom is -0.294 e. The molecule has 1 unspecified atom stereocenters. The highest BCUT2D eigenvalue weighted by Gasteiger charge is 2.16. The molecule has 0 bridgehead atoms. The third kappa shape index (κ3) is 2.06. The molecular weight excluding hydrogens is 150 g/mol. The first-order valence-corrected chi connectivity index (χ1v) is 5.28. The van der Waals surface area contributed by atoms with Crippen LogP contribution in [0.3, 0.4) is 0 Å². The fourth-order valence-corrected chi connectivity index (χ4v) is 2.52. The SMILES string of the molecule is CN1CCCCC1SS. The molecular formula is C6H13NS2. The molecule has 1 saturated heterocycles. The van der Waals surface area contributed by atoms with E-state index in [0.717, 1.165) is 0 Å². The second-order valence-corrected chi connectivity index (χ2v) is 3.92. The molecule has 0 radical (unpaired) electrons. The number of thiol groups is 1. The van der Waals surface area contributed by atoms with Crippen molar-refractivity contribution >= 4 is 22.5 Å². The fourth-order valence-electron chi connectivity index (χ4n) is 1.18. The Labute approximate surface area is 66.0 Å². The monoisotopic (exact) mass is 163 g/mol. The topological polar surface area (TPSA) is 3.24 Å². The number of rotatable bonds is 1. The van der Waals surface area contributed by atoms with Gasteiger partial charge in [0.25, 0.3) is 0 Å². The number of hydrogen-bond acceptors (Lipinski definition) is 3. The molecule has 1 fully saturated rings. The van der Waals surface area contributed by atoms with Crippen molar-refractivity contribution in [1.82, 2.24) is 4.90 Å². The lowest BCUT2D eigenvalue weighted by Crippen LogP contribution is -2.32. The predicted molar refractivity (Wildman–Crippen MR) is 46.8 cm³/mol. The highest BCUT2D eigenvalue weighted by Crippen LogP contribution is 2.26. The van der Waals surface area contributed by atoms with Crippen LogP contribution >= 0.6 is 22.5 Å². The van der Waals surface area contributed by atoms with Gasteiger partial charge in [-0.1, -0.05) is 10.8 Å². The van der Waals surface area contributed by atoms with Gasteiger partial charge in [-0.25, -0.2) is 0 Å². The Morgan fingerprint density at radius 2 is 2.33 bits per heavy atom. The molecule has 0 aromatic carbocycles. The molecule has 0 saturated carbocycles. The summed E-state index contributed by atoms with van der Waals surface area (Å²) >= 11 is 4.20. The second kappa shape index (κ2) is 3.74. The van der Waals surface area contributed by atoms with E-state index in [9.17, 15) is 0 Å². The van der Waals surface area contributed by atoms with Crippen molar-refractivity contribution in [2.75, 3.05) is 13.6 Å². The normalized spacial score (nSPS) is 30.7. The zero-order valence-electron chi connectivity index (χ0n) is 5.71. The van der Waals surface area contributed by atoms with Gasteiger partial charge in [0.1, 0.15) is 0 Å². The van der Waals surface area contributed by atoms with E-state index in [1.807, 2.05) is 0 Å². The Hall–Kier alpha value is 0.660. The molecule has 0 aliphatic carbocycles. The highest BCUT2D eigenvalue weighted by molar-refractivity contribution is 8.68.